The third-order valence-corrected chi connectivity index (χ3v) is 1.73. The molecule has 12 heavy (non-hydrogen) atoms. The fraction of sp³-hybridized carbons (Fsp3) is 0. The highest BCUT2D eigenvalue weighted by Crippen LogP contribution is 2.09. The average Bonchev–Trinajstić information content (AvgIpc) is 2.47. The van der Waals surface area contributed by atoms with Crippen molar-refractivity contribution in [2.24, 2.45) is 0 Å². The summed E-state index contributed by atoms with van der Waals surface area (Å²) in [5.41, 5.74) is 0.338. The van der Waals surface area contributed by atoms with Gasteiger partial charge in [-0.2, -0.15) is 5.26 Å². The molecule has 0 radical (unpaired) electrons. The van der Waals surface area contributed by atoms with E-state index in [-0.39, 0.29) is 0 Å². The lowest BCUT2D eigenvalue weighted by Gasteiger charge is -1.92. The molecule has 0 bridgehead atoms. The number of halogens is 1. The number of rotatable bonds is 0. The first kappa shape index (κ1) is 7.07. The summed E-state index contributed by atoms with van der Waals surface area (Å²) in [6.07, 6.45) is 3.15. The van der Waals surface area contributed by atoms with Crippen molar-refractivity contribution in [3.8, 4) is 6.07 Å². The molecule has 0 spiro atoms. The number of hydrogen-bond acceptors (Lipinski definition) is 3. The molecule has 0 atom stereocenters. The fourth-order valence-electron chi connectivity index (χ4n) is 0.904. The molecule has 0 N–H and O–H groups in total. The molecule has 0 saturated heterocycles. The Balaban J connectivity index is 2.80. The molecule has 4 nitrogen and oxygen atoms in total. The van der Waals surface area contributed by atoms with Crippen molar-refractivity contribution in [1.82, 2.24) is 14.4 Å². The van der Waals surface area contributed by atoms with E-state index in [0.29, 0.717) is 16.6 Å². The smallest absolute Gasteiger partial charge is 0.236 e. The molecule has 0 saturated carbocycles. The van der Waals surface area contributed by atoms with E-state index in [4.69, 9.17) is 16.9 Å². The zero-order valence-corrected chi connectivity index (χ0v) is 6.65. The summed E-state index contributed by atoms with van der Waals surface area (Å²) in [7, 11) is 0. The predicted molar refractivity (Wildman–Crippen MR) is 42.7 cm³/mol. The first-order valence-corrected chi connectivity index (χ1v) is 3.59. The zero-order chi connectivity index (χ0) is 8.55. The molecule has 0 aliphatic carbocycles. The minimum absolute atomic E-state index is 0.338. The quantitative estimate of drug-likeness (QED) is 0.610. The normalized spacial score (nSPS) is 10.0. The number of aromatic nitrogens is 3. The standard InChI is InChI=1S/C7H3ClN4/c8-6-4-10-7-11-5(3-9)1-2-12(6)7/h1-2,4H. The van der Waals surface area contributed by atoms with Crippen LogP contribution in [0.25, 0.3) is 5.78 Å². The highest BCUT2D eigenvalue weighted by atomic mass is 35.5. The van der Waals surface area contributed by atoms with Crippen LogP contribution in [0.15, 0.2) is 18.5 Å². The molecular weight excluding hydrogens is 176 g/mol. The van der Waals surface area contributed by atoms with Crippen molar-refractivity contribution in [3.05, 3.63) is 29.3 Å². The minimum atomic E-state index is 0.338. The number of hydrogen-bond donors (Lipinski definition) is 0. The molecule has 0 aromatic carbocycles. The van der Waals surface area contributed by atoms with Crippen LogP contribution >= 0.6 is 11.6 Å². The van der Waals surface area contributed by atoms with Gasteiger partial charge in [-0.3, -0.25) is 4.40 Å². The molecular formula is C7H3ClN4. The first-order valence-electron chi connectivity index (χ1n) is 3.21. The Morgan fingerprint density at radius 3 is 3.17 bits per heavy atom. The van der Waals surface area contributed by atoms with Gasteiger partial charge in [-0.05, 0) is 6.07 Å². The monoisotopic (exact) mass is 178 g/mol. The van der Waals surface area contributed by atoms with Crippen LogP contribution < -0.4 is 0 Å². The third kappa shape index (κ3) is 0.917. The summed E-state index contributed by atoms with van der Waals surface area (Å²) in [4.78, 5) is 7.82. The van der Waals surface area contributed by atoms with Gasteiger partial charge in [-0.25, -0.2) is 9.97 Å². The summed E-state index contributed by atoms with van der Waals surface area (Å²) >= 11 is 5.75. The van der Waals surface area contributed by atoms with E-state index < -0.39 is 0 Å². The second-order valence-corrected chi connectivity index (χ2v) is 2.56. The number of imidazole rings is 1. The van der Waals surface area contributed by atoms with E-state index in [1.54, 1.807) is 16.7 Å². The molecule has 0 unspecified atom stereocenters. The maximum absolute atomic E-state index is 8.52. The Hall–Kier alpha value is -1.60. The second kappa shape index (κ2) is 2.47. The maximum Gasteiger partial charge on any atom is 0.236 e. The van der Waals surface area contributed by atoms with Crippen LogP contribution in [0.2, 0.25) is 5.15 Å². The fourth-order valence-corrected chi connectivity index (χ4v) is 1.08. The lowest BCUT2D eigenvalue weighted by molar-refractivity contribution is 1.09. The van der Waals surface area contributed by atoms with Gasteiger partial charge in [0, 0.05) is 6.20 Å². The van der Waals surface area contributed by atoms with E-state index in [9.17, 15) is 0 Å². The highest BCUT2D eigenvalue weighted by molar-refractivity contribution is 6.29. The van der Waals surface area contributed by atoms with Crippen molar-refractivity contribution < 1.29 is 0 Å². The van der Waals surface area contributed by atoms with E-state index in [1.165, 1.54) is 6.20 Å². The second-order valence-electron chi connectivity index (χ2n) is 2.18. The number of fused-ring (bicyclic) bond motifs is 1. The predicted octanol–water partition coefficient (Wildman–Crippen LogP) is 1.25. The van der Waals surface area contributed by atoms with Crippen LogP contribution in [0.4, 0.5) is 0 Å². The Bertz CT molecular complexity index is 468. The molecule has 0 aliphatic heterocycles. The Morgan fingerprint density at radius 2 is 2.42 bits per heavy atom. The van der Waals surface area contributed by atoms with E-state index in [2.05, 4.69) is 9.97 Å². The van der Waals surface area contributed by atoms with Gasteiger partial charge >= 0.3 is 0 Å². The lowest BCUT2D eigenvalue weighted by Crippen LogP contribution is -1.90. The third-order valence-electron chi connectivity index (χ3n) is 1.45. The SMILES string of the molecule is N#Cc1ccn2c(Cl)cnc2n1. The minimum Gasteiger partial charge on any atom is -0.274 e. The van der Waals surface area contributed by atoms with Crippen LogP contribution in [0.1, 0.15) is 5.69 Å². The summed E-state index contributed by atoms with van der Waals surface area (Å²) in [6, 6.07) is 3.50. The van der Waals surface area contributed by atoms with Gasteiger partial charge in [0.25, 0.3) is 0 Å². The zero-order valence-electron chi connectivity index (χ0n) is 5.90. The first-order chi connectivity index (χ1) is 5.81. The number of nitrogens with zero attached hydrogens (tertiary/aromatic N) is 4. The van der Waals surface area contributed by atoms with Crippen LogP contribution in [-0.4, -0.2) is 14.4 Å². The summed E-state index contributed by atoms with van der Waals surface area (Å²) in [5.74, 6) is 0.444. The van der Waals surface area contributed by atoms with Gasteiger partial charge in [0.2, 0.25) is 5.78 Å². The molecule has 5 heteroatoms. The highest BCUT2D eigenvalue weighted by Gasteiger charge is 2.01. The topological polar surface area (TPSA) is 54.0 Å². The van der Waals surface area contributed by atoms with Crippen molar-refractivity contribution in [3.63, 3.8) is 0 Å². The molecule has 58 valence electrons. The van der Waals surface area contributed by atoms with Gasteiger partial charge in [-0.1, -0.05) is 11.6 Å². The van der Waals surface area contributed by atoms with Crippen LogP contribution in [-0.2, 0) is 0 Å². The molecule has 0 fully saturated rings. The molecule has 2 heterocycles. The summed E-state index contributed by atoms with van der Waals surface area (Å²) < 4.78 is 1.60. The van der Waals surface area contributed by atoms with Gasteiger partial charge in [0.15, 0.2) is 0 Å². The van der Waals surface area contributed by atoms with Crippen LogP contribution in [0.3, 0.4) is 0 Å². The molecule has 2 aromatic heterocycles. The summed E-state index contributed by atoms with van der Waals surface area (Å²) in [5, 5.41) is 9.01. The van der Waals surface area contributed by atoms with E-state index in [0.717, 1.165) is 0 Å². The van der Waals surface area contributed by atoms with Crippen LogP contribution in [0.5, 0.6) is 0 Å². The molecule has 0 amide bonds. The van der Waals surface area contributed by atoms with Crippen molar-refractivity contribution in [2.45, 2.75) is 0 Å². The Morgan fingerprint density at radius 1 is 1.58 bits per heavy atom. The average molecular weight is 179 g/mol. The Labute approximate surface area is 73.0 Å². The number of nitriles is 1. The van der Waals surface area contributed by atoms with Gasteiger partial charge in [0.1, 0.15) is 16.9 Å². The van der Waals surface area contributed by atoms with Crippen molar-refractivity contribution in [2.75, 3.05) is 0 Å². The molecule has 0 aliphatic rings. The largest absolute Gasteiger partial charge is 0.274 e. The molecule has 2 rings (SSSR count). The van der Waals surface area contributed by atoms with Crippen LogP contribution in [0, 0.1) is 11.3 Å². The van der Waals surface area contributed by atoms with Gasteiger partial charge < -0.3 is 0 Å². The van der Waals surface area contributed by atoms with Crippen molar-refractivity contribution >= 4 is 17.4 Å². The lowest BCUT2D eigenvalue weighted by atomic mass is 10.4. The molecule has 2 aromatic rings. The van der Waals surface area contributed by atoms with E-state index in [1.807, 2.05) is 6.07 Å². The van der Waals surface area contributed by atoms with Gasteiger partial charge in [-0.15, -0.1) is 0 Å². The Kier molecular flexibility index (Phi) is 1.45. The summed E-state index contributed by atoms with van der Waals surface area (Å²) in [6.45, 7) is 0. The van der Waals surface area contributed by atoms with Gasteiger partial charge in [0.05, 0.1) is 6.20 Å². The van der Waals surface area contributed by atoms with Crippen molar-refractivity contribution in [1.29, 1.82) is 5.26 Å². The van der Waals surface area contributed by atoms with E-state index >= 15 is 0 Å². The maximum atomic E-state index is 8.52.